The van der Waals surface area contributed by atoms with Gasteiger partial charge in [0.15, 0.2) is 5.78 Å². The van der Waals surface area contributed by atoms with Crippen LogP contribution in [0, 0.1) is 20.9 Å². The minimum absolute atomic E-state index is 0.0138. The summed E-state index contributed by atoms with van der Waals surface area (Å²) in [6.07, 6.45) is 3.52. The third kappa shape index (κ3) is 4.51. The van der Waals surface area contributed by atoms with Crippen LogP contribution in [-0.2, 0) is 4.79 Å². The maximum Gasteiger partial charge on any atom is 0.271 e. The number of Topliss-reactive ketones (excluding diaryl/α,β-unsaturated/α-hetero) is 1. The smallest absolute Gasteiger partial charge is 0.271 e. The van der Waals surface area contributed by atoms with E-state index >= 15 is 0 Å². The number of carbonyl (C=O) groups excluding carboxylic acids is 1. The van der Waals surface area contributed by atoms with E-state index in [9.17, 15) is 14.9 Å². The number of carbonyl (C=O) groups is 1. The Morgan fingerprint density at radius 2 is 1.52 bits per heavy atom. The number of hydrogen-bond donors (Lipinski definition) is 0. The summed E-state index contributed by atoms with van der Waals surface area (Å²) in [6, 6.07) is 4.27. The van der Waals surface area contributed by atoms with Gasteiger partial charge in [-0.1, -0.05) is 41.5 Å². The molecule has 0 heterocycles. The van der Waals surface area contributed by atoms with Gasteiger partial charge in [0.1, 0.15) is 11.4 Å². The van der Waals surface area contributed by atoms with Crippen LogP contribution in [0.1, 0.15) is 41.5 Å². The van der Waals surface area contributed by atoms with Crippen LogP contribution in [0.5, 0.6) is 5.75 Å². The lowest BCUT2D eigenvalue weighted by Crippen LogP contribution is -2.29. The molecule has 1 aromatic carbocycles. The third-order valence-electron chi connectivity index (χ3n) is 4.31. The van der Waals surface area contributed by atoms with Gasteiger partial charge in [0, 0.05) is 23.3 Å². The third-order valence-corrected chi connectivity index (χ3v) is 4.31. The van der Waals surface area contributed by atoms with Crippen molar-refractivity contribution < 1.29 is 14.5 Å². The molecule has 0 bridgehead atoms. The molecule has 0 unspecified atom stereocenters. The molecule has 0 atom stereocenters. The van der Waals surface area contributed by atoms with Crippen LogP contribution < -0.4 is 4.74 Å². The number of rotatable bonds is 3. The quantitative estimate of drug-likeness (QED) is 0.416. The second-order valence-corrected chi connectivity index (χ2v) is 8.60. The van der Waals surface area contributed by atoms with E-state index in [0.29, 0.717) is 28.3 Å². The van der Waals surface area contributed by atoms with Gasteiger partial charge >= 0.3 is 0 Å². The Morgan fingerprint density at radius 3 is 1.93 bits per heavy atom. The number of nitrogens with zero attached hydrogens (tertiary/aromatic N) is 2. The number of nitro benzene ring substituents is 1. The molecule has 2 rings (SSSR count). The molecule has 0 aromatic heterocycles. The fraction of sp³-hybridized carbons (Fsp3) is 0.429. The molecule has 1 aliphatic carbocycles. The van der Waals surface area contributed by atoms with E-state index in [1.54, 1.807) is 12.2 Å². The van der Waals surface area contributed by atoms with Crippen LogP contribution in [0.4, 0.5) is 11.4 Å². The highest BCUT2D eigenvalue weighted by molar-refractivity contribution is 6.23. The maximum atomic E-state index is 13.0. The van der Waals surface area contributed by atoms with Gasteiger partial charge in [-0.05, 0) is 29.0 Å². The molecule has 0 N–H and O–H groups in total. The number of ether oxygens (including phenoxy) is 1. The summed E-state index contributed by atoms with van der Waals surface area (Å²) in [7, 11) is 1.49. The van der Waals surface area contributed by atoms with Gasteiger partial charge in [-0.2, -0.15) is 0 Å². The predicted octanol–water partition coefficient (Wildman–Crippen LogP) is 5.20. The van der Waals surface area contributed by atoms with Gasteiger partial charge in [-0.3, -0.25) is 14.9 Å². The Bertz CT molecular complexity index is 842. The highest BCUT2D eigenvalue weighted by Crippen LogP contribution is 2.38. The zero-order chi connectivity index (χ0) is 20.6. The van der Waals surface area contributed by atoms with E-state index < -0.39 is 4.92 Å². The monoisotopic (exact) mass is 370 g/mol. The summed E-state index contributed by atoms with van der Waals surface area (Å²) in [6.45, 7) is 11.9. The van der Waals surface area contributed by atoms with Gasteiger partial charge in [0.05, 0.1) is 17.7 Å². The second-order valence-electron chi connectivity index (χ2n) is 8.60. The number of non-ortho nitro benzene ring substituents is 1. The van der Waals surface area contributed by atoms with Crippen LogP contribution in [-0.4, -0.2) is 23.5 Å². The number of allylic oxidation sites excluding steroid dienone is 4. The first kappa shape index (κ1) is 20.6. The Morgan fingerprint density at radius 1 is 1.00 bits per heavy atom. The highest BCUT2D eigenvalue weighted by Gasteiger charge is 2.34. The van der Waals surface area contributed by atoms with Crippen LogP contribution in [0.25, 0.3) is 0 Å². The van der Waals surface area contributed by atoms with Crippen LogP contribution >= 0.6 is 0 Å². The number of hydrogen-bond acceptors (Lipinski definition) is 5. The van der Waals surface area contributed by atoms with Crippen molar-refractivity contribution in [3.63, 3.8) is 0 Å². The first-order chi connectivity index (χ1) is 12.3. The average Bonchev–Trinajstić information content (AvgIpc) is 2.54. The molecule has 144 valence electrons. The van der Waals surface area contributed by atoms with Gasteiger partial charge in [0.2, 0.25) is 0 Å². The number of benzene rings is 1. The summed E-state index contributed by atoms with van der Waals surface area (Å²) in [5.41, 5.74) is 1.48. The van der Waals surface area contributed by atoms with E-state index in [1.807, 2.05) is 41.5 Å². The largest absolute Gasteiger partial charge is 0.494 e. The highest BCUT2D eigenvalue weighted by atomic mass is 16.6. The number of ketones is 1. The minimum Gasteiger partial charge on any atom is -0.494 e. The van der Waals surface area contributed by atoms with E-state index in [4.69, 9.17) is 4.74 Å². The molecular weight excluding hydrogens is 344 g/mol. The van der Waals surface area contributed by atoms with Crippen molar-refractivity contribution in [2.24, 2.45) is 15.8 Å². The summed E-state index contributed by atoms with van der Waals surface area (Å²) in [5, 5.41) is 11.1. The molecule has 6 nitrogen and oxygen atoms in total. The van der Waals surface area contributed by atoms with Crippen LogP contribution in [0.2, 0.25) is 0 Å². The van der Waals surface area contributed by atoms with Gasteiger partial charge in [-0.15, -0.1) is 0 Å². The van der Waals surface area contributed by atoms with Crippen molar-refractivity contribution in [1.29, 1.82) is 0 Å². The molecule has 0 aliphatic heterocycles. The van der Waals surface area contributed by atoms with E-state index in [-0.39, 0.29) is 22.3 Å². The van der Waals surface area contributed by atoms with Crippen molar-refractivity contribution in [3.05, 3.63) is 51.6 Å². The molecule has 0 amide bonds. The lowest BCUT2D eigenvalue weighted by Gasteiger charge is -2.31. The van der Waals surface area contributed by atoms with Crippen molar-refractivity contribution in [3.8, 4) is 5.75 Å². The summed E-state index contributed by atoms with van der Waals surface area (Å²) >= 11 is 0. The van der Waals surface area contributed by atoms with Crippen molar-refractivity contribution >= 4 is 22.9 Å². The number of aliphatic imine (C=N–C) groups is 1. The molecular formula is C21H26N2O4. The van der Waals surface area contributed by atoms with Gasteiger partial charge in [0.25, 0.3) is 5.69 Å². The fourth-order valence-corrected chi connectivity index (χ4v) is 2.81. The zero-order valence-corrected chi connectivity index (χ0v) is 16.9. The Balaban J connectivity index is 2.69. The Kier molecular flexibility index (Phi) is 5.40. The van der Waals surface area contributed by atoms with Crippen LogP contribution in [0.15, 0.2) is 46.5 Å². The lowest BCUT2D eigenvalue weighted by atomic mass is 9.72. The summed E-state index contributed by atoms with van der Waals surface area (Å²) < 4.78 is 5.29. The second kappa shape index (κ2) is 7.10. The minimum atomic E-state index is -0.472. The first-order valence-corrected chi connectivity index (χ1v) is 8.75. The molecule has 0 fully saturated rings. The van der Waals surface area contributed by atoms with Crippen LogP contribution in [0.3, 0.4) is 0 Å². The topological polar surface area (TPSA) is 81.8 Å². The molecule has 0 saturated carbocycles. The Labute approximate surface area is 159 Å². The van der Waals surface area contributed by atoms with E-state index in [1.165, 1.54) is 25.3 Å². The molecule has 6 heteroatoms. The van der Waals surface area contributed by atoms with Gasteiger partial charge < -0.3 is 4.74 Å². The van der Waals surface area contributed by atoms with E-state index in [2.05, 4.69) is 4.99 Å². The van der Waals surface area contributed by atoms with Gasteiger partial charge in [-0.25, -0.2) is 4.99 Å². The normalized spacial score (nSPS) is 15.2. The molecule has 0 saturated heterocycles. The van der Waals surface area contributed by atoms with Crippen molar-refractivity contribution in [1.82, 2.24) is 0 Å². The Hall–Kier alpha value is -2.76. The molecule has 27 heavy (non-hydrogen) atoms. The number of nitro groups is 1. The molecule has 0 radical (unpaired) electrons. The fourth-order valence-electron chi connectivity index (χ4n) is 2.81. The average molecular weight is 370 g/mol. The van der Waals surface area contributed by atoms with E-state index in [0.717, 1.165) is 0 Å². The molecule has 1 aromatic rings. The number of methoxy groups -OCH3 is 1. The molecule has 0 spiro atoms. The van der Waals surface area contributed by atoms with Crippen molar-refractivity contribution in [2.75, 3.05) is 7.11 Å². The SMILES string of the molecule is COc1ccc([N+](=O)[O-])cc1N=C1C=C(C(C)(C)C)C(=O)C(C(C)(C)C)=C1. The standard InChI is InChI=1S/C21H26N2O4/c1-20(2,3)15-10-13(11-16(19(15)24)21(4,5)6)22-17-12-14(23(25)26)8-9-18(17)27-7/h8-12H,1-7H3. The van der Waals surface area contributed by atoms with Crippen molar-refractivity contribution in [2.45, 2.75) is 41.5 Å². The lowest BCUT2D eigenvalue weighted by molar-refractivity contribution is -0.384. The zero-order valence-electron chi connectivity index (χ0n) is 16.9. The summed E-state index contributed by atoms with van der Waals surface area (Å²) in [5.74, 6) is 0.446. The molecule has 1 aliphatic rings. The first-order valence-electron chi connectivity index (χ1n) is 8.75. The summed E-state index contributed by atoms with van der Waals surface area (Å²) in [4.78, 5) is 28.2. The predicted molar refractivity (Wildman–Crippen MR) is 107 cm³/mol. The maximum absolute atomic E-state index is 13.0.